The summed E-state index contributed by atoms with van der Waals surface area (Å²) in [5, 5.41) is 5.87. The maximum absolute atomic E-state index is 13.6. The number of rotatable bonds is 6. The van der Waals surface area contributed by atoms with Crippen LogP contribution in [0.1, 0.15) is 15.2 Å². The van der Waals surface area contributed by atoms with Crippen molar-refractivity contribution in [2.75, 3.05) is 31.1 Å². The van der Waals surface area contributed by atoms with Gasteiger partial charge >= 0.3 is 0 Å². The lowest BCUT2D eigenvalue weighted by atomic mass is 10.0. The Hall–Kier alpha value is -3.65. The third-order valence-corrected chi connectivity index (χ3v) is 7.10. The Balaban J connectivity index is 1.32. The zero-order valence-electron chi connectivity index (χ0n) is 18.5. The van der Waals surface area contributed by atoms with Crippen LogP contribution < -0.4 is 10.2 Å². The Morgan fingerprint density at radius 2 is 1.76 bits per heavy atom. The third-order valence-electron chi connectivity index (χ3n) is 6.23. The number of aromatic nitrogens is 1. The maximum atomic E-state index is 13.6. The highest BCUT2D eigenvalue weighted by Crippen LogP contribution is 2.21. The largest absolute Gasteiger partial charge is 0.368 e. The fourth-order valence-corrected chi connectivity index (χ4v) is 5.04. The predicted octanol–water partition coefficient (Wildman–Crippen LogP) is 4.06. The van der Waals surface area contributed by atoms with Crippen LogP contribution in [-0.4, -0.2) is 53.9 Å². The monoisotopic (exact) mass is 476 g/mol. The molecule has 174 valence electrons. The van der Waals surface area contributed by atoms with Crippen molar-refractivity contribution in [3.63, 3.8) is 0 Å². The summed E-state index contributed by atoms with van der Waals surface area (Å²) in [6.45, 7) is 2.37. The predicted molar refractivity (Wildman–Crippen MR) is 133 cm³/mol. The molecule has 2 N–H and O–H groups in total. The maximum Gasteiger partial charge on any atom is 0.262 e. The molecule has 1 aliphatic rings. The van der Waals surface area contributed by atoms with Crippen LogP contribution in [0.25, 0.3) is 10.9 Å². The SMILES string of the molecule is O=C(N[C@H](Cc1c[nH]c2ccccc12)C(=O)N1CCN(c2ccc(F)cc2)CC1)c1cccs1. The number of carbonyl (C=O) groups excluding carboxylic acids is 2. The number of piperazine rings is 1. The number of hydrogen-bond acceptors (Lipinski definition) is 4. The van der Waals surface area contributed by atoms with Gasteiger partial charge in [0.2, 0.25) is 5.91 Å². The van der Waals surface area contributed by atoms with Crippen molar-refractivity contribution in [1.82, 2.24) is 15.2 Å². The van der Waals surface area contributed by atoms with Gasteiger partial charge in [0.25, 0.3) is 5.91 Å². The van der Waals surface area contributed by atoms with E-state index >= 15 is 0 Å². The molecule has 0 saturated carbocycles. The molecule has 0 radical (unpaired) electrons. The van der Waals surface area contributed by atoms with E-state index in [0.717, 1.165) is 22.2 Å². The first-order valence-electron chi connectivity index (χ1n) is 11.3. The van der Waals surface area contributed by atoms with Crippen LogP contribution in [0.2, 0.25) is 0 Å². The van der Waals surface area contributed by atoms with E-state index in [-0.39, 0.29) is 17.6 Å². The summed E-state index contributed by atoms with van der Waals surface area (Å²) < 4.78 is 13.3. The fraction of sp³-hybridized carbons (Fsp3) is 0.231. The number of amides is 2. The average Bonchev–Trinajstić information content (AvgIpc) is 3.55. The highest BCUT2D eigenvalue weighted by Gasteiger charge is 2.30. The molecule has 4 aromatic rings. The molecule has 1 fully saturated rings. The van der Waals surface area contributed by atoms with E-state index in [0.29, 0.717) is 37.5 Å². The van der Waals surface area contributed by atoms with Crippen molar-refractivity contribution in [2.45, 2.75) is 12.5 Å². The Labute approximate surface area is 201 Å². The lowest BCUT2D eigenvalue weighted by molar-refractivity contribution is -0.133. The lowest BCUT2D eigenvalue weighted by Crippen LogP contribution is -2.55. The van der Waals surface area contributed by atoms with E-state index in [1.165, 1.54) is 23.5 Å². The summed E-state index contributed by atoms with van der Waals surface area (Å²) in [7, 11) is 0. The zero-order valence-corrected chi connectivity index (χ0v) is 19.4. The smallest absolute Gasteiger partial charge is 0.262 e. The van der Waals surface area contributed by atoms with E-state index in [2.05, 4.69) is 15.2 Å². The van der Waals surface area contributed by atoms with Crippen molar-refractivity contribution < 1.29 is 14.0 Å². The van der Waals surface area contributed by atoms with Crippen LogP contribution in [0.5, 0.6) is 0 Å². The summed E-state index contributed by atoms with van der Waals surface area (Å²) in [5.74, 6) is -0.591. The van der Waals surface area contributed by atoms with Gasteiger partial charge in [0.05, 0.1) is 4.88 Å². The van der Waals surface area contributed by atoms with Gasteiger partial charge in [0, 0.05) is 55.4 Å². The molecule has 3 heterocycles. The standard InChI is InChI=1S/C26H25FN4O2S/c27-19-7-9-20(10-8-19)30-11-13-31(14-12-30)26(33)23(29-25(32)24-6-3-15-34-24)16-18-17-28-22-5-2-1-4-21(18)22/h1-10,15,17,23,28H,11-14,16H2,(H,29,32)/t23-/m1/s1. The number of carbonyl (C=O) groups is 2. The number of H-pyrrole nitrogens is 1. The molecule has 0 spiro atoms. The van der Waals surface area contributed by atoms with E-state index in [9.17, 15) is 14.0 Å². The van der Waals surface area contributed by atoms with Gasteiger partial charge < -0.3 is 20.1 Å². The normalized spacial score (nSPS) is 14.9. The fourth-order valence-electron chi connectivity index (χ4n) is 4.41. The molecule has 1 atom stereocenters. The molecule has 2 amide bonds. The molecule has 34 heavy (non-hydrogen) atoms. The van der Waals surface area contributed by atoms with Gasteiger partial charge in [0.1, 0.15) is 11.9 Å². The van der Waals surface area contributed by atoms with Gasteiger partial charge in [-0.25, -0.2) is 4.39 Å². The van der Waals surface area contributed by atoms with E-state index in [1.54, 1.807) is 18.2 Å². The molecular weight excluding hydrogens is 451 g/mol. The number of nitrogens with one attached hydrogen (secondary N) is 2. The summed E-state index contributed by atoms with van der Waals surface area (Å²) in [5.41, 5.74) is 2.93. The van der Waals surface area contributed by atoms with Gasteiger partial charge in [0.15, 0.2) is 0 Å². The number of benzene rings is 2. The van der Waals surface area contributed by atoms with Crippen LogP contribution >= 0.6 is 11.3 Å². The van der Waals surface area contributed by atoms with E-state index in [1.807, 2.05) is 46.8 Å². The Bertz CT molecular complexity index is 1280. The van der Waals surface area contributed by atoms with Gasteiger partial charge in [-0.15, -0.1) is 11.3 Å². The molecule has 2 aromatic carbocycles. The molecule has 2 aromatic heterocycles. The molecule has 1 aliphatic heterocycles. The summed E-state index contributed by atoms with van der Waals surface area (Å²) in [4.78, 5) is 34.2. The summed E-state index contributed by atoms with van der Waals surface area (Å²) >= 11 is 1.35. The van der Waals surface area contributed by atoms with Crippen molar-refractivity contribution in [3.8, 4) is 0 Å². The second-order valence-electron chi connectivity index (χ2n) is 8.36. The van der Waals surface area contributed by atoms with Crippen molar-refractivity contribution in [3.05, 3.63) is 88.5 Å². The number of para-hydroxylation sites is 1. The molecule has 8 heteroatoms. The van der Waals surface area contributed by atoms with Crippen LogP contribution in [0.3, 0.4) is 0 Å². The molecular formula is C26H25FN4O2S. The quantitative estimate of drug-likeness (QED) is 0.441. The Morgan fingerprint density at radius 1 is 1.00 bits per heavy atom. The van der Waals surface area contributed by atoms with Gasteiger partial charge in [-0.3, -0.25) is 9.59 Å². The zero-order chi connectivity index (χ0) is 23.5. The summed E-state index contributed by atoms with van der Waals surface area (Å²) in [6, 6.07) is 17.3. The van der Waals surface area contributed by atoms with Crippen molar-refractivity contribution >= 4 is 39.7 Å². The first kappa shape index (κ1) is 22.2. The number of hydrogen-bond donors (Lipinski definition) is 2. The van der Waals surface area contributed by atoms with Gasteiger partial charge in [-0.1, -0.05) is 24.3 Å². The van der Waals surface area contributed by atoms with E-state index in [4.69, 9.17) is 0 Å². The Morgan fingerprint density at radius 3 is 2.50 bits per heavy atom. The minimum atomic E-state index is -0.675. The first-order chi connectivity index (χ1) is 16.6. The van der Waals surface area contributed by atoms with Gasteiger partial charge in [-0.05, 0) is 47.3 Å². The van der Waals surface area contributed by atoms with Crippen molar-refractivity contribution in [1.29, 1.82) is 0 Å². The molecule has 0 bridgehead atoms. The second kappa shape index (κ2) is 9.69. The number of anilines is 1. The van der Waals surface area contributed by atoms with Crippen LogP contribution in [-0.2, 0) is 11.2 Å². The van der Waals surface area contributed by atoms with Gasteiger partial charge in [-0.2, -0.15) is 0 Å². The van der Waals surface area contributed by atoms with Crippen LogP contribution in [0.4, 0.5) is 10.1 Å². The second-order valence-corrected chi connectivity index (χ2v) is 9.30. The van der Waals surface area contributed by atoms with E-state index < -0.39 is 6.04 Å². The molecule has 0 aliphatic carbocycles. The number of fused-ring (bicyclic) bond motifs is 1. The average molecular weight is 477 g/mol. The topological polar surface area (TPSA) is 68.4 Å². The molecule has 1 saturated heterocycles. The number of aromatic amines is 1. The highest BCUT2D eigenvalue weighted by atomic mass is 32.1. The van der Waals surface area contributed by atoms with Crippen molar-refractivity contribution in [2.24, 2.45) is 0 Å². The lowest BCUT2D eigenvalue weighted by Gasteiger charge is -2.37. The Kier molecular flexibility index (Phi) is 6.31. The molecule has 0 unspecified atom stereocenters. The number of halogens is 1. The number of nitrogens with zero attached hydrogens (tertiary/aromatic N) is 2. The first-order valence-corrected chi connectivity index (χ1v) is 12.1. The molecule has 5 rings (SSSR count). The van der Waals surface area contributed by atoms with Crippen LogP contribution in [0, 0.1) is 5.82 Å². The van der Waals surface area contributed by atoms with Crippen LogP contribution in [0.15, 0.2) is 72.2 Å². The highest BCUT2D eigenvalue weighted by molar-refractivity contribution is 7.12. The third kappa shape index (κ3) is 4.68. The number of thiophene rings is 1. The summed E-state index contributed by atoms with van der Waals surface area (Å²) in [6.07, 6.45) is 2.31. The minimum absolute atomic E-state index is 0.0889. The minimum Gasteiger partial charge on any atom is -0.368 e. The molecule has 6 nitrogen and oxygen atoms in total.